The highest BCUT2D eigenvalue weighted by Crippen LogP contribution is 2.41. The van der Waals surface area contributed by atoms with Gasteiger partial charge in [-0.2, -0.15) is 5.10 Å². The van der Waals surface area contributed by atoms with Crippen molar-refractivity contribution in [2.75, 3.05) is 5.73 Å². The second-order valence-corrected chi connectivity index (χ2v) is 12.5. The molecular weight excluding hydrogens is 486 g/mol. The van der Waals surface area contributed by atoms with Crippen molar-refractivity contribution in [2.24, 2.45) is 11.8 Å². The lowest BCUT2D eigenvalue weighted by Crippen LogP contribution is -2.50. The van der Waals surface area contributed by atoms with Crippen molar-refractivity contribution in [3.63, 3.8) is 0 Å². The van der Waals surface area contributed by atoms with Crippen molar-refractivity contribution in [3.05, 3.63) is 52.6 Å². The Labute approximate surface area is 222 Å². The number of nitrogen functional groups attached to an aromatic ring is 1. The number of H-pyrrole nitrogens is 1. The van der Waals surface area contributed by atoms with E-state index in [0.29, 0.717) is 18.7 Å². The second-order valence-electron chi connectivity index (χ2n) is 11.4. The molecular formula is C29H37N3O4S. The molecule has 0 amide bonds. The Morgan fingerprint density at radius 1 is 1.19 bits per heavy atom. The number of thioether (sulfide) groups is 1. The second kappa shape index (κ2) is 10.5. The van der Waals surface area contributed by atoms with Gasteiger partial charge in [-0.15, -0.1) is 11.8 Å². The number of nitrogens with one attached hydrogen (secondary N) is 1. The van der Waals surface area contributed by atoms with Crippen LogP contribution in [0, 0.1) is 18.8 Å². The number of ketones is 1. The van der Waals surface area contributed by atoms with Crippen LogP contribution in [0.25, 0.3) is 10.9 Å². The van der Waals surface area contributed by atoms with Gasteiger partial charge in [0.2, 0.25) is 0 Å². The molecule has 1 aliphatic heterocycles. The minimum atomic E-state index is -0.924. The van der Waals surface area contributed by atoms with Gasteiger partial charge in [0.15, 0.2) is 16.9 Å². The number of ether oxygens (including phenoxy) is 1. The van der Waals surface area contributed by atoms with E-state index in [9.17, 15) is 14.7 Å². The summed E-state index contributed by atoms with van der Waals surface area (Å²) in [5.41, 5.74) is 10.5. The summed E-state index contributed by atoms with van der Waals surface area (Å²) in [5, 5.41) is 16.7. The van der Waals surface area contributed by atoms with Gasteiger partial charge in [0, 0.05) is 10.3 Å². The molecule has 1 aliphatic rings. The van der Waals surface area contributed by atoms with Crippen LogP contribution in [0.1, 0.15) is 63.3 Å². The number of hydrogen-bond acceptors (Lipinski definition) is 7. The maximum atomic E-state index is 13.9. The summed E-state index contributed by atoms with van der Waals surface area (Å²) >= 11 is 1.28. The SMILES string of the molecule is Cc1cc(SC2C(=O)OC(C(C)C)C(CCc3ccc4[nH]nc(N)c4c3)C2=O)c(C(C)(C)C)cc1CO. The molecule has 0 radical (unpaired) electrons. The maximum absolute atomic E-state index is 13.9. The Bertz CT molecular complexity index is 1320. The van der Waals surface area contributed by atoms with Gasteiger partial charge >= 0.3 is 5.97 Å². The predicted octanol–water partition coefficient (Wildman–Crippen LogP) is 5.10. The standard InChI is InChI=1S/C29H37N3O4S/c1-15(2)25-19(9-7-17-8-10-22-20(12-17)27(30)32-31-22)24(34)26(28(35)36-25)37-23-11-16(3)18(14-33)13-21(23)29(4,5)6/h8,10-13,15,19,25-26,33H,7,9,14H2,1-6H3,(H3,30,31,32). The van der Waals surface area contributed by atoms with E-state index in [-0.39, 0.29) is 23.7 Å². The predicted molar refractivity (Wildman–Crippen MR) is 147 cm³/mol. The number of rotatable bonds is 7. The summed E-state index contributed by atoms with van der Waals surface area (Å²) < 4.78 is 5.93. The third-order valence-electron chi connectivity index (χ3n) is 7.21. The molecule has 0 aliphatic carbocycles. The summed E-state index contributed by atoms with van der Waals surface area (Å²) in [6.07, 6.45) is 0.775. The number of hydrogen-bond donors (Lipinski definition) is 3. The zero-order valence-electron chi connectivity index (χ0n) is 22.4. The number of benzene rings is 2. The van der Waals surface area contributed by atoms with Crippen molar-refractivity contribution in [3.8, 4) is 0 Å². The lowest BCUT2D eigenvalue weighted by atomic mass is 9.82. The van der Waals surface area contributed by atoms with Crippen molar-refractivity contribution < 1.29 is 19.4 Å². The Hall–Kier alpha value is -2.84. The van der Waals surface area contributed by atoms with Gasteiger partial charge in [-0.25, -0.2) is 0 Å². The van der Waals surface area contributed by atoms with E-state index < -0.39 is 23.2 Å². The minimum Gasteiger partial charge on any atom is -0.460 e. The van der Waals surface area contributed by atoms with Crippen LogP contribution in [0.2, 0.25) is 0 Å². The fourth-order valence-corrected chi connectivity index (χ4v) is 6.46. The third-order valence-corrected chi connectivity index (χ3v) is 8.46. The van der Waals surface area contributed by atoms with Crippen molar-refractivity contribution >= 4 is 40.2 Å². The number of aromatic amines is 1. The molecule has 7 nitrogen and oxygen atoms in total. The van der Waals surface area contributed by atoms with Crippen LogP contribution >= 0.6 is 11.8 Å². The third kappa shape index (κ3) is 5.55. The van der Waals surface area contributed by atoms with Crippen LogP contribution in [-0.4, -0.2) is 38.4 Å². The van der Waals surface area contributed by atoms with Crippen molar-refractivity contribution in [1.82, 2.24) is 10.2 Å². The number of aromatic nitrogens is 2. The minimum absolute atomic E-state index is 0.0204. The van der Waals surface area contributed by atoms with E-state index in [1.54, 1.807) is 0 Å². The molecule has 3 atom stereocenters. The van der Waals surface area contributed by atoms with E-state index in [1.165, 1.54) is 11.8 Å². The van der Waals surface area contributed by atoms with Crippen LogP contribution in [0.15, 0.2) is 35.2 Å². The van der Waals surface area contributed by atoms with Gasteiger partial charge in [-0.3, -0.25) is 14.7 Å². The lowest BCUT2D eigenvalue weighted by Gasteiger charge is -2.36. The summed E-state index contributed by atoms with van der Waals surface area (Å²) in [6.45, 7) is 12.1. The molecule has 4 N–H and O–H groups in total. The van der Waals surface area contributed by atoms with Gasteiger partial charge < -0.3 is 15.6 Å². The molecule has 0 bridgehead atoms. The van der Waals surface area contributed by atoms with Crippen LogP contribution < -0.4 is 5.73 Å². The summed E-state index contributed by atoms with van der Waals surface area (Å²) in [6, 6.07) is 9.93. The van der Waals surface area contributed by atoms with Crippen LogP contribution in [0.4, 0.5) is 5.82 Å². The average molecular weight is 524 g/mol. The van der Waals surface area contributed by atoms with Crippen molar-refractivity contribution in [2.45, 2.75) is 82.7 Å². The summed E-state index contributed by atoms with van der Waals surface area (Å²) in [4.78, 5) is 27.9. The molecule has 2 heterocycles. The van der Waals surface area contributed by atoms with Crippen molar-refractivity contribution in [1.29, 1.82) is 0 Å². The topological polar surface area (TPSA) is 118 Å². The number of carbonyl (C=O) groups is 2. The Balaban J connectivity index is 1.61. The Morgan fingerprint density at radius 3 is 2.57 bits per heavy atom. The number of cyclic esters (lactones) is 1. The largest absolute Gasteiger partial charge is 0.460 e. The molecule has 1 aromatic heterocycles. The number of fused-ring (bicyclic) bond motifs is 1. The Morgan fingerprint density at radius 2 is 1.92 bits per heavy atom. The first-order chi connectivity index (χ1) is 17.4. The number of carbonyl (C=O) groups excluding carboxylic acids is 2. The maximum Gasteiger partial charge on any atom is 0.327 e. The average Bonchev–Trinajstić information content (AvgIpc) is 3.20. The Kier molecular flexibility index (Phi) is 7.72. The number of nitrogens with zero attached hydrogens (tertiary/aromatic N) is 1. The smallest absolute Gasteiger partial charge is 0.327 e. The number of aryl methyl sites for hydroxylation is 2. The number of Topliss-reactive ketones (excluding diaryl/α,β-unsaturated/α-hetero) is 1. The molecule has 37 heavy (non-hydrogen) atoms. The fourth-order valence-electron chi connectivity index (χ4n) is 5.03. The number of anilines is 1. The number of aliphatic hydroxyl groups is 1. The van der Waals surface area contributed by atoms with Gasteiger partial charge in [-0.05, 0) is 71.6 Å². The molecule has 3 unspecified atom stereocenters. The first-order valence-electron chi connectivity index (χ1n) is 12.8. The first kappa shape index (κ1) is 27.2. The molecule has 3 aromatic rings. The van der Waals surface area contributed by atoms with E-state index in [2.05, 4.69) is 31.0 Å². The van der Waals surface area contributed by atoms with Crippen LogP contribution in [0.3, 0.4) is 0 Å². The van der Waals surface area contributed by atoms with Gasteiger partial charge in [0.1, 0.15) is 6.10 Å². The monoisotopic (exact) mass is 523 g/mol. The van der Waals surface area contributed by atoms with E-state index in [0.717, 1.165) is 38.1 Å². The van der Waals surface area contributed by atoms with Gasteiger partial charge in [0.05, 0.1) is 18.0 Å². The number of nitrogens with two attached hydrogens (primary N) is 1. The zero-order chi connectivity index (χ0) is 27.1. The highest BCUT2D eigenvalue weighted by atomic mass is 32.2. The first-order valence-corrected chi connectivity index (χ1v) is 13.7. The zero-order valence-corrected chi connectivity index (χ0v) is 23.2. The lowest BCUT2D eigenvalue weighted by molar-refractivity contribution is -0.165. The van der Waals surface area contributed by atoms with Crippen LogP contribution in [-0.2, 0) is 32.8 Å². The molecule has 4 rings (SSSR count). The number of aliphatic hydroxyl groups excluding tert-OH is 1. The highest BCUT2D eigenvalue weighted by Gasteiger charge is 2.46. The van der Waals surface area contributed by atoms with Gasteiger partial charge in [-0.1, -0.05) is 46.8 Å². The molecule has 198 valence electrons. The van der Waals surface area contributed by atoms with E-state index >= 15 is 0 Å². The summed E-state index contributed by atoms with van der Waals surface area (Å²) in [5.74, 6) is -0.474. The van der Waals surface area contributed by atoms with Crippen LogP contribution in [0.5, 0.6) is 0 Å². The highest BCUT2D eigenvalue weighted by molar-refractivity contribution is 8.01. The summed E-state index contributed by atoms with van der Waals surface area (Å²) in [7, 11) is 0. The molecule has 1 fully saturated rings. The molecule has 1 saturated heterocycles. The molecule has 8 heteroatoms. The fraction of sp³-hybridized carbons (Fsp3) is 0.483. The van der Waals surface area contributed by atoms with E-state index in [4.69, 9.17) is 10.5 Å². The molecule has 0 spiro atoms. The molecule has 0 saturated carbocycles. The molecule has 2 aromatic carbocycles. The normalized spacial score (nSPS) is 20.6. The number of esters is 1. The van der Waals surface area contributed by atoms with Gasteiger partial charge in [0.25, 0.3) is 0 Å². The quantitative estimate of drug-likeness (QED) is 0.291. The van der Waals surface area contributed by atoms with E-state index in [1.807, 2.05) is 51.1 Å².